The van der Waals surface area contributed by atoms with Crippen LogP contribution < -0.4 is 11.1 Å². The Bertz CT molecular complexity index is 691. The largest absolute Gasteiger partial charge is 0.366 e. The lowest BCUT2D eigenvalue weighted by molar-refractivity contribution is 0.0945. The van der Waals surface area contributed by atoms with Crippen LogP contribution in [0.5, 0.6) is 0 Å². The molecule has 0 unspecified atom stereocenters. The fraction of sp³-hybridized carbons (Fsp3) is 0.188. The standard InChI is InChI=1S/C16H15N3O2/c17-15(20)11-6-4-10(5-7-11)13-2-1-3-14(19-13)16(21)18-12-8-9-12/h1-7,12H,8-9H2,(H2,17,20)(H,18,21). The second-order valence-corrected chi connectivity index (χ2v) is 5.10. The fourth-order valence-electron chi connectivity index (χ4n) is 2.01. The summed E-state index contributed by atoms with van der Waals surface area (Å²) in [6.45, 7) is 0. The molecule has 0 aliphatic heterocycles. The summed E-state index contributed by atoms with van der Waals surface area (Å²) in [6, 6.07) is 12.5. The Hall–Kier alpha value is -2.69. The minimum atomic E-state index is -0.466. The van der Waals surface area contributed by atoms with E-state index in [9.17, 15) is 9.59 Å². The van der Waals surface area contributed by atoms with E-state index in [0.29, 0.717) is 23.0 Å². The van der Waals surface area contributed by atoms with E-state index in [1.807, 2.05) is 6.07 Å². The first-order valence-corrected chi connectivity index (χ1v) is 6.81. The average Bonchev–Trinajstić information content (AvgIpc) is 3.31. The molecule has 2 amide bonds. The third kappa shape index (κ3) is 3.08. The molecule has 0 spiro atoms. The molecule has 3 N–H and O–H groups in total. The molecule has 1 aliphatic carbocycles. The third-order valence-corrected chi connectivity index (χ3v) is 3.36. The molecule has 1 aromatic heterocycles. The second-order valence-electron chi connectivity index (χ2n) is 5.10. The van der Waals surface area contributed by atoms with Crippen LogP contribution in [0.2, 0.25) is 0 Å². The second kappa shape index (κ2) is 5.36. The Kier molecular flexibility index (Phi) is 3.39. The van der Waals surface area contributed by atoms with Gasteiger partial charge in [0.15, 0.2) is 0 Å². The minimum Gasteiger partial charge on any atom is -0.366 e. The van der Waals surface area contributed by atoms with Gasteiger partial charge in [0.05, 0.1) is 5.69 Å². The van der Waals surface area contributed by atoms with Crippen molar-refractivity contribution in [3.8, 4) is 11.3 Å². The molecule has 1 aliphatic rings. The summed E-state index contributed by atoms with van der Waals surface area (Å²) >= 11 is 0. The maximum atomic E-state index is 12.0. The number of aromatic nitrogens is 1. The van der Waals surface area contributed by atoms with E-state index < -0.39 is 5.91 Å². The summed E-state index contributed by atoms with van der Waals surface area (Å²) < 4.78 is 0. The molecule has 0 bridgehead atoms. The summed E-state index contributed by atoms with van der Waals surface area (Å²) in [5.41, 5.74) is 7.58. The van der Waals surface area contributed by atoms with Crippen LogP contribution >= 0.6 is 0 Å². The first kappa shape index (κ1) is 13.3. The molecule has 106 valence electrons. The van der Waals surface area contributed by atoms with Gasteiger partial charge >= 0.3 is 0 Å². The van der Waals surface area contributed by atoms with Crippen LogP contribution in [0.4, 0.5) is 0 Å². The maximum Gasteiger partial charge on any atom is 0.270 e. The Labute approximate surface area is 122 Å². The van der Waals surface area contributed by atoms with Gasteiger partial charge in [0.25, 0.3) is 5.91 Å². The zero-order valence-corrected chi connectivity index (χ0v) is 11.4. The quantitative estimate of drug-likeness (QED) is 0.895. The number of carbonyl (C=O) groups is 2. The number of primary amides is 1. The van der Waals surface area contributed by atoms with Crippen LogP contribution in [0.15, 0.2) is 42.5 Å². The van der Waals surface area contributed by atoms with Crippen molar-refractivity contribution in [2.45, 2.75) is 18.9 Å². The maximum absolute atomic E-state index is 12.0. The van der Waals surface area contributed by atoms with E-state index in [-0.39, 0.29) is 5.91 Å². The van der Waals surface area contributed by atoms with Gasteiger partial charge in [-0.3, -0.25) is 9.59 Å². The number of pyridine rings is 1. The Morgan fingerprint density at radius 1 is 1.10 bits per heavy atom. The van der Waals surface area contributed by atoms with E-state index in [0.717, 1.165) is 18.4 Å². The summed E-state index contributed by atoms with van der Waals surface area (Å²) in [5.74, 6) is -0.611. The van der Waals surface area contributed by atoms with Gasteiger partial charge in [-0.15, -0.1) is 0 Å². The lowest BCUT2D eigenvalue weighted by Crippen LogP contribution is -2.26. The number of amides is 2. The summed E-state index contributed by atoms with van der Waals surface area (Å²) in [6.07, 6.45) is 2.08. The van der Waals surface area contributed by atoms with Crippen molar-refractivity contribution >= 4 is 11.8 Å². The highest BCUT2D eigenvalue weighted by molar-refractivity contribution is 5.94. The monoisotopic (exact) mass is 281 g/mol. The highest BCUT2D eigenvalue weighted by Gasteiger charge is 2.24. The van der Waals surface area contributed by atoms with Crippen molar-refractivity contribution < 1.29 is 9.59 Å². The van der Waals surface area contributed by atoms with Crippen molar-refractivity contribution in [3.05, 3.63) is 53.7 Å². The van der Waals surface area contributed by atoms with Crippen molar-refractivity contribution in [3.63, 3.8) is 0 Å². The normalized spacial score (nSPS) is 13.7. The van der Waals surface area contributed by atoms with Crippen LogP contribution in [-0.4, -0.2) is 22.8 Å². The molecule has 0 atom stereocenters. The Morgan fingerprint density at radius 2 is 1.81 bits per heavy atom. The van der Waals surface area contributed by atoms with Crippen molar-refractivity contribution in [1.82, 2.24) is 10.3 Å². The molecule has 3 rings (SSSR count). The third-order valence-electron chi connectivity index (χ3n) is 3.36. The van der Waals surface area contributed by atoms with Crippen LogP contribution in [0.3, 0.4) is 0 Å². The zero-order valence-electron chi connectivity index (χ0n) is 11.4. The summed E-state index contributed by atoms with van der Waals surface area (Å²) in [4.78, 5) is 27.4. The zero-order chi connectivity index (χ0) is 14.8. The lowest BCUT2D eigenvalue weighted by Gasteiger charge is -2.06. The van der Waals surface area contributed by atoms with E-state index in [2.05, 4.69) is 10.3 Å². The van der Waals surface area contributed by atoms with Crippen molar-refractivity contribution in [2.24, 2.45) is 5.73 Å². The molecular weight excluding hydrogens is 266 g/mol. The first-order valence-electron chi connectivity index (χ1n) is 6.81. The number of nitrogens with two attached hydrogens (primary N) is 1. The highest BCUT2D eigenvalue weighted by Crippen LogP contribution is 2.20. The summed E-state index contributed by atoms with van der Waals surface area (Å²) in [7, 11) is 0. The van der Waals surface area contributed by atoms with Gasteiger partial charge in [-0.2, -0.15) is 0 Å². The van der Waals surface area contributed by atoms with E-state index in [1.165, 1.54) is 0 Å². The first-order chi connectivity index (χ1) is 10.1. The van der Waals surface area contributed by atoms with Gasteiger partial charge < -0.3 is 11.1 Å². The molecule has 0 saturated heterocycles. The molecule has 5 heteroatoms. The molecule has 1 fully saturated rings. The van der Waals surface area contributed by atoms with Crippen LogP contribution in [0.1, 0.15) is 33.7 Å². The molecule has 0 radical (unpaired) electrons. The topological polar surface area (TPSA) is 85.1 Å². The molecule has 21 heavy (non-hydrogen) atoms. The van der Waals surface area contributed by atoms with E-state index >= 15 is 0 Å². The molecule has 2 aromatic rings. The van der Waals surface area contributed by atoms with Crippen LogP contribution in [0, 0.1) is 0 Å². The van der Waals surface area contributed by atoms with Crippen molar-refractivity contribution in [1.29, 1.82) is 0 Å². The number of hydrogen-bond acceptors (Lipinski definition) is 3. The number of hydrogen-bond donors (Lipinski definition) is 2. The lowest BCUT2D eigenvalue weighted by atomic mass is 10.1. The predicted octanol–water partition coefficient (Wildman–Crippen LogP) is 1.74. The van der Waals surface area contributed by atoms with Crippen LogP contribution in [-0.2, 0) is 0 Å². The fourth-order valence-corrected chi connectivity index (χ4v) is 2.01. The van der Waals surface area contributed by atoms with Gasteiger partial charge in [0.1, 0.15) is 5.69 Å². The summed E-state index contributed by atoms with van der Waals surface area (Å²) in [5, 5.41) is 2.91. The number of rotatable bonds is 4. The smallest absolute Gasteiger partial charge is 0.270 e. The van der Waals surface area contributed by atoms with Gasteiger partial charge in [-0.05, 0) is 37.1 Å². The number of nitrogens with zero attached hydrogens (tertiary/aromatic N) is 1. The van der Waals surface area contributed by atoms with Crippen LogP contribution in [0.25, 0.3) is 11.3 Å². The Balaban J connectivity index is 1.84. The van der Waals surface area contributed by atoms with Gasteiger partial charge in [0, 0.05) is 17.2 Å². The van der Waals surface area contributed by atoms with Gasteiger partial charge in [0.2, 0.25) is 5.91 Å². The SMILES string of the molecule is NC(=O)c1ccc(-c2cccc(C(=O)NC3CC3)n2)cc1. The number of carbonyl (C=O) groups excluding carboxylic acids is 2. The van der Waals surface area contributed by atoms with Gasteiger partial charge in [-0.1, -0.05) is 18.2 Å². The predicted molar refractivity (Wildman–Crippen MR) is 78.7 cm³/mol. The van der Waals surface area contributed by atoms with E-state index in [4.69, 9.17) is 5.73 Å². The number of nitrogens with one attached hydrogen (secondary N) is 1. The Morgan fingerprint density at radius 3 is 2.43 bits per heavy atom. The number of benzene rings is 1. The highest BCUT2D eigenvalue weighted by atomic mass is 16.2. The minimum absolute atomic E-state index is 0.145. The van der Waals surface area contributed by atoms with E-state index in [1.54, 1.807) is 36.4 Å². The molecule has 1 saturated carbocycles. The van der Waals surface area contributed by atoms with Crippen molar-refractivity contribution in [2.75, 3.05) is 0 Å². The average molecular weight is 281 g/mol. The van der Waals surface area contributed by atoms with Gasteiger partial charge in [-0.25, -0.2) is 4.98 Å². The molecular formula is C16H15N3O2. The molecule has 1 aromatic carbocycles. The molecule has 1 heterocycles. The molecule has 5 nitrogen and oxygen atoms in total.